The molecule has 28 heavy (non-hydrogen) atoms. The van der Waals surface area contributed by atoms with Crippen LogP contribution in [0.5, 0.6) is 0 Å². The van der Waals surface area contributed by atoms with Crippen molar-refractivity contribution in [2.45, 2.75) is 0 Å². The van der Waals surface area contributed by atoms with Crippen molar-refractivity contribution in [3.8, 4) is 0 Å². The highest BCUT2D eigenvalue weighted by atomic mass is 79.9. The standard InChI is InChI=1S/C20H22BrClN4O2/c21-17-3-1-2-4-18(17)24-19(27)13-23-20(28)14-25-9-11-26(12-10-25)16-7-5-15(22)6-8-16/h1-8H,9-14H2,(H,23,28)(H,24,27). The minimum absolute atomic E-state index is 0.0507. The van der Waals surface area contributed by atoms with Gasteiger partial charge in [-0.3, -0.25) is 14.5 Å². The molecule has 1 aliphatic heterocycles. The molecule has 0 spiro atoms. The second-order valence-corrected chi connectivity index (χ2v) is 7.84. The molecule has 6 nitrogen and oxygen atoms in total. The minimum atomic E-state index is -0.257. The van der Waals surface area contributed by atoms with Crippen LogP contribution in [0.1, 0.15) is 0 Å². The molecule has 0 aromatic heterocycles. The number of piperazine rings is 1. The van der Waals surface area contributed by atoms with Crippen LogP contribution >= 0.6 is 27.5 Å². The number of para-hydroxylation sites is 1. The van der Waals surface area contributed by atoms with E-state index in [1.54, 1.807) is 6.07 Å². The smallest absolute Gasteiger partial charge is 0.243 e. The van der Waals surface area contributed by atoms with E-state index in [4.69, 9.17) is 11.6 Å². The van der Waals surface area contributed by atoms with Gasteiger partial charge in [0, 0.05) is 41.4 Å². The zero-order valence-corrected chi connectivity index (χ0v) is 17.7. The summed E-state index contributed by atoms with van der Waals surface area (Å²) in [5.74, 6) is -0.407. The summed E-state index contributed by atoms with van der Waals surface area (Å²) in [6.45, 7) is 3.51. The normalized spacial score (nSPS) is 14.6. The summed E-state index contributed by atoms with van der Waals surface area (Å²) < 4.78 is 0.799. The highest BCUT2D eigenvalue weighted by molar-refractivity contribution is 9.10. The van der Waals surface area contributed by atoms with E-state index in [2.05, 4.69) is 36.4 Å². The zero-order chi connectivity index (χ0) is 19.9. The van der Waals surface area contributed by atoms with Crippen molar-refractivity contribution in [2.75, 3.05) is 49.5 Å². The molecule has 2 aromatic carbocycles. The van der Waals surface area contributed by atoms with E-state index in [1.807, 2.05) is 42.5 Å². The van der Waals surface area contributed by atoms with Gasteiger partial charge >= 0.3 is 0 Å². The van der Waals surface area contributed by atoms with Gasteiger partial charge in [-0.25, -0.2) is 0 Å². The molecule has 1 fully saturated rings. The van der Waals surface area contributed by atoms with Crippen LogP contribution in [0.15, 0.2) is 53.0 Å². The van der Waals surface area contributed by atoms with Gasteiger partial charge in [0.25, 0.3) is 0 Å². The Balaban J connectivity index is 1.38. The number of rotatable bonds is 6. The van der Waals surface area contributed by atoms with Crippen LogP contribution in [0.4, 0.5) is 11.4 Å². The third kappa shape index (κ3) is 5.95. The Hall–Kier alpha value is -2.09. The number of hydrogen-bond acceptors (Lipinski definition) is 4. The lowest BCUT2D eigenvalue weighted by Gasteiger charge is -2.35. The fraction of sp³-hybridized carbons (Fsp3) is 0.300. The largest absolute Gasteiger partial charge is 0.369 e. The van der Waals surface area contributed by atoms with Crippen LogP contribution in [-0.2, 0) is 9.59 Å². The Morgan fingerprint density at radius 1 is 0.964 bits per heavy atom. The molecule has 3 rings (SSSR count). The molecular formula is C20H22BrClN4O2. The topological polar surface area (TPSA) is 64.7 Å². The predicted molar refractivity (Wildman–Crippen MR) is 116 cm³/mol. The van der Waals surface area contributed by atoms with E-state index in [-0.39, 0.29) is 24.9 Å². The third-order valence-electron chi connectivity index (χ3n) is 4.53. The van der Waals surface area contributed by atoms with Crippen LogP contribution in [0.25, 0.3) is 0 Å². The monoisotopic (exact) mass is 464 g/mol. The van der Waals surface area contributed by atoms with Gasteiger partial charge in [-0.2, -0.15) is 0 Å². The van der Waals surface area contributed by atoms with Gasteiger partial charge in [-0.15, -0.1) is 0 Å². The van der Waals surface area contributed by atoms with Gasteiger partial charge in [-0.1, -0.05) is 23.7 Å². The number of carbonyl (C=O) groups excluding carboxylic acids is 2. The van der Waals surface area contributed by atoms with E-state index in [9.17, 15) is 9.59 Å². The number of hydrogen-bond donors (Lipinski definition) is 2. The summed E-state index contributed by atoms with van der Waals surface area (Å²) in [7, 11) is 0. The molecule has 0 saturated carbocycles. The Bertz CT molecular complexity index is 823. The van der Waals surface area contributed by atoms with Crippen molar-refractivity contribution < 1.29 is 9.59 Å². The van der Waals surface area contributed by atoms with Crippen LogP contribution in [0.2, 0.25) is 5.02 Å². The highest BCUT2D eigenvalue weighted by Gasteiger charge is 2.19. The van der Waals surface area contributed by atoms with E-state index in [1.165, 1.54) is 0 Å². The van der Waals surface area contributed by atoms with Gasteiger partial charge in [0.2, 0.25) is 11.8 Å². The molecule has 0 aliphatic carbocycles. The molecule has 8 heteroatoms. The molecule has 0 atom stereocenters. The number of halogens is 2. The summed E-state index contributed by atoms with van der Waals surface area (Å²) in [6, 6.07) is 15.1. The van der Waals surface area contributed by atoms with Gasteiger partial charge in [0.1, 0.15) is 0 Å². The molecular weight excluding hydrogens is 444 g/mol. The maximum Gasteiger partial charge on any atom is 0.243 e. The van der Waals surface area contributed by atoms with E-state index < -0.39 is 0 Å². The minimum Gasteiger partial charge on any atom is -0.369 e. The summed E-state index contributed by atoms with van der Waals surface area (Å²) in [4.78, 5) is 28.5. The van der Waals surface area contributed by atoms with Crippen LogP contribution in [-0.4, -0.2) is 56.0 Å². The van der Waals surface area contributed by atoms with E-state index >= 15 is 0 Å². The first-order valence-corrected chi connectivity index (χ1v) is 10.2. The highest BCUT2D eigenvalue weighted by Crippen LogP contribution is 2.21. The number of nitrogens with one attached hydrogen (secondary N) is 2. The first-order valence-electron chi connectivity index (χ1n) is 9.05. The number of amides is 2. The SMILES string of the molecule is O=C(CN1CCN(c2ccc(Cl)cc2)CC1)NCC(=O)Nc1ccccc1Br. The van der Waals surface area contributed by atoms with Gasteiger partial charge in [-0.05, 0) is 52.3 Å². The number of carbonyl (C=O) groups is 2. The van der Waals surface area contributed by atoms with Crippen molar-refractivity contribution in [2.24, 2.45) is 0 Å². The predicted octanol–water partition coefficient (Wildman–Crippen LogP) is 2.98. The third-order valence-corrected chi connectivity index (χ3v) is 5.47. The average molecular weight is 466 g/mol. The van der Waals surface area contributed by atoms with Crippen molar-refractivity contribution in [3.63, 3.8) is 0 Å². The fourth-order valence-electron chi connectivity index (χ4n) is 3.01. The van der Waals surface area contributed by atoms with E-state index in [0.29, 0.717) is 5.69 Å². The molecule has 0 radical (unpaired) electrons. The van der Waals surface area contributed by atoms with Crippen molar-refractivity contribution in [1.29, 1.82) is 0 Å². The molecule has 2 amide bonds. The molecule has 1 aliphatic rings. The first-order chi connectivity index (χ1) is 13.5. The van der Waals surface area contributed by atoms with Gasteiger partial charge in [0.05, 0.1) is 18.8 Å². The molecule has 148 valence electrons. The van der Waals surface area contributed by atoms with Crippen LogP contribution < -0.4 is 15.5 Å². The molecule has 1 saturated heterocycles. The van der Waals surface area contributed by atoms with Crippen LogP contribution in [0.3, 0.4) is 0 Å². The second-order valence-electron chi connectivity index (χ2n) is 6.54. The molecule has 0 unspecified atom stereocenters. The summed E-state index contributed by atoms with van der Waals surface area (Å²) in [6.07, 6.45) is 0. The lowest BCUT2D eigenvalue weighted by Crippen LogP contribution is -2.50. The Kier molecular flexibility index (Phi) is 7.30. The Morgan fingerprint density at radius 3 is 2.32 bits per heavy atom. The number of benzene rings is 2. The van der Waals surface area contributed by atoms with Crippen molar-refractivity contribution >= 4 is 50.7 Å². The second kappa shape index (κ2) is 9.91. The van der Waals surface area contributed by atoms with Gasteiger partial charge < -0.3 is 15.5 Å². The van der Waals surface area contributed by atoms with E-state index in [0.717, 1.165) is 41.4 Å². The molecule has 2 N–H and O–H groups in total. The van der Waals surface area contributed by atoms with Gasteiger partial charge in [0.15, 0.2) is 0 Å². The fourth-order valence-corrected chi connectivity index (χ4v) is 3.52. The quantitative estimate of drug-likeness (QED) is 0.688. The maximum atomic E-state index is 12.2. The van der Waals surface area contributed by atoms with Crippen molar-refractivity contribution in [3.05, 3.63) is 58.0 Å². The first kappa shape index (κ1) is 20.6. The lowest BCUT2D eigenvalue weighted by molar-refractivity contribution is -0.125. The number of nitrogens with zero attached hydrogens (tertiary/aromatic N) is 2. The average Bonchev–Trinajstić information content (AvgIpc) is 2.69. The maximum absolute atomic E-state index is 12.2. The molecule has 2 aromatic rings. The Morgan fingerprint density at radius 2 is 1.64 bits per heavy atom. The van der Waals surface area contributed by atoms with Crippen molar-refractivity contribution in [1.82, 2.24) is 10.2 Å². The summed E-state index contributed by atoms with van der Waals surface area (Å²) in [5, 5.41) is 6.17. The molecule has 1 heterocycles. The summed E-state index contributed by atoms with van der Waals surface area (Å²) in [5.41, 5.74) is 1.82. The lowest BCUT2D eigenvalue weighted by atomic mass is 10.2. The zero-order valence-electron chi connectivity index (χ0n) is 15.3. The Labute approximate surface area is 178 Å². The van der Waals surface area contributed by atoms with Crippen LogP contribution in [0, 0.1) is 0 Å². The number of anilines is 2. The summed E-state index contributed by atoms with van der Waals surface area (Å²) >= 11 is 9.31. The molecule has 0 bridgehead atoms.